The number of rotatable bonds is 32. The van der Waals surface area contributed by atoms with Gasteiger partial charge in [-0.1, -0.05) is 194 Å². The van der Waals surface area contributed by atoms with E-state index in [1.165, 1.54) is 167 Å². The first kappa shape index (κ1) is 45.2. The van der Waals surface area contributed by atoms with Crippen LogP contribution in [0.1, 0.15) is 219 Å². The smallest absolute Gasteiger partial charge is 0.303 e. The zero-order valence-electron chi connectivity index (χ0n) is 27.8. The molecule has 0 aliphatic carbocycles. The molecular formula is C36H72O4Sn. The van der Waals surface area contributed by atoms with Crippen molar-refractivity contribution >= 4 is 35.8 Å². The molecule has 0 aliphatic heterocycles. The Hall–Kier alpha value is -0.261. The summed E-state index contributed by atoms with van der Waals surface area (Å²) in [5.41, 5.74) is 0. The third kappa shape index (κ3) is 49.7. The average molecular weight is 688 g/mol. The van der Waals surface area contributed by atoms with E-state index in [2.05, 4.69) is 13.8 Å². The van der Waals surface area contributed by atoms with Crippen LogP contribution in [0.5, 0.6) is 0 Å². The van der Waals surface area contributed by atoms with E-state index in [4.69, 9.17) is 10.2 Å². The Bertz CT molecular complexity index is 454. The summed E-state index contributed by atoms with van der Waals surface area (Å²) in [5, 5.41) is 17.0. The molecule has 2 N–H and O–H groups in total. The van der Waals surface area contributed by atoms with Crippen molar-refractivity contribution < 1.29 is 19.8 Å². The molecule has 0 aromatic heterocycles. The van der Waals surface area contributed by atoms with E-state index in [-0.39, 0.29) is 23.9 Å². The van der Waals surface area contributed by atoms with Crippen molar-refractivity contribution in [2.45, 2.75) is 219 Å². The first-order chi connectivity index (χ1) is 19.5. The Balaban J connectivity index is -0.000000688. The van der Waals surface area contributed by atoms with E-state index in [1.54, 1.807) is 0 Å². The second-order valence-corrected chi connectivity index (χ2v) is 12.2. The molecule has 0 saturated carbocycles. The molecule has 0 spiro atoms. The minimum atomic E-state index is -0.653. The van der Waals surface area contributed by atoms with Gasteiger partial charge in [0.05, 0.1) is 0 Å². The Morgan fingerprint density at radius 1 is 0.317 bits per heavy atom. The molecular weight excluding hydrogens is 615 g/mol. The third-order valence-corrected chi connectivity index (χ3v) is 7.99. The molecule has 244 valence electrons. The summed E-state index contributed by atoms with van der Waals surface area (Å²) in [4.78, 5) is 20.7. The maximum atomic E-state index is 10.3. The quantitative estimate of drug-likeness (QED) is 0.0545. The molecule has 0 bridgehead atoms. The number of unbranched alkanes of at least 4 members (excludes halogenated alkanes) is 28. The number of hydrogen-bond donors (Lipinski definition) is 2. The van der Waals surface area contributed by atoms with Crippen molar-refractivity contribution in [2.24, 2.45) is 0 Å². The maximum Gasteiger partial charge on any atom is 0.303 e. The van der Waals surface area contributed by atoms with Gasteiger partial charge < -0.3 is 10.2 Å². The van der Waals surface area contributed by atoms with Crippen LogP contribution in [0.4, 0.5) is 0 Å². The second-order valence-electron chi connectivity index (χ2n) is 12.2. The number of carboxylic acid groups (broad SMARTS) is 2. The van der Waals surface area contributed by atoms with E-state index in [1.807, 2.05) is 0 Å². The SMILES string of the molecule is CCCCCCCCCCCCCCCCCC(=O)O.CCCCCCCCCCCCCCCCCC(=O)O.[Sn]. The standard InChI is InChI=1S/2C18H36O2.Sn/c2*1-2-3-4-5-6-7-8-9-10-11-12-13-14-15-16-17-18(19)20;/h2*2-17H2,1H3,(H,19,20);. The van der Waals surface area contributed by atoms with Gasteiger partial charge in [0.2, 0.25) is 0 Å². The Kier molecular flexibility index (Phi) is 46.1. The predicted molar refractivity (Wildman–Crippen MR) is 180 cm³/mol. The van der Waals surface area contributed by atoms with E-state index in [0.717, 1.165) is 25.7 Å². The summed E-state index contributed by atoms with van der Waals surface area (Å²) in [6.45, 7) is 4.54. The Morgan fingerprint density at radius 2 is 0.463 bits per heavy atom. The van der Waals surface area contributed by atoms with Crippen molar-refractivity contribution in [3.05, 3.63) is 0 Å². The molecule has 0 fully saturated rings. The summed E-state index contributed by atoms with van der Waals surface area (Å²) in [7, 11) is 0. The number of carbonyl (C=O) groups is 2. The maximum absolute atomic E-state index is 10.3. The molecule has 0 aromatic rings. The fourth-order valence-corrected chi connectivity index (χ4v) is 5.30. The zero-order valence-corrected chi connectivity index (χ0v) is 30.7. The van der Waals surface area contributed by atoms with Gasteiger partial charge in [0.1, 0.15) is 0 Å². The van der Waals surface area contributed by atoms with Crippen molar-refractivity contribution in [2.75, 3.05) is 0 Å². The summed E-state index contributed by atoms with van der Waals surface area (Å²) in [6.07, 6.45) is 40.4. The molecule has 0 saturated heterocycles. The second kappa shape index (κ2) is 41.9. The van der Waals surface area contributed by atoms with Crippen molar-refractivity contribution in [3.8, 4) is 0 Å². The van der Waals surface area contributed by atoms with Crippen LogP contribution in [0.15, 0.2) is 0 Å². The molecule has 0 aliphatic rings. The largest absolute Gasteiger partial charge is 0.481 e. The Labute approximate surface area is 274 Å². The van der Waals surface area contributed by atoms with Gasteiger partial charge in [-0.3, -0.25) is 9.59 Å². The van der Waals surface area contributed by atoms with Crippen molar-refractivity contribution in [1.82, 2.24) is 0 Å². The molecule has 5 heteroatoms. The minimum absolute atomic E-state index is 0. The fraction of sp³-hybridized carbons (Fsp3) is 0.944. The van der Waals surface area contributed by atoms with Gasteiger partial charge in [-0.25, -0.2) is 0 Å². The minimum Gasteiger partial charge on any atom is -0.481 e. The number of carboxylic acids is 2. The third-order valence-electron chi connectivity index (χ3n) is 7.99. The molecule has 41 heavy (non-hydrogen) atoms. The van der Waals surface area contributed by atoms with E-state index in [0.29, 0.717) is 12.8 Å². The van der Waals surface area contributed by atoms with Crippen LogP contribution in [-0.2, 0) is 9.59 Å². The molecule has 4 nitrogen and oxygen atoms in total. The number of hydrogen-bond acceptors (Lipinski definition) is 2. The van der Waals surface area contributed by atoms with Gasteiger partial charge in [0.25, 0.3) is 0 Å². The zero-order chi connectivity index (χ0) is 29.8. The van der Waals surface area contributed by atoms with Gasteiger partial charge in [0, 0.05) is 36.7 Å². The molecule has 0 amide bonds. The molecule has 0 heterocycles. The summed E-state index contributed by atoms with van der Waals surface area (Å²) < 4.78 is 0. The van der Waals surface area contributed by atoms with Crippen LogP contribution in [-0.4, -0.2) is 46.1 Å². The van der Waals surface area contributed by atoms with Crippen LogP contribution in [0.3, 0.4) is 0 Å². The van der Waals surface area contributed by atoms with Crippen molar-refractivity contribution in [3.63, 3.8) is 0 Å². The summed E-state index contributed by atoms with van der Waals surface area (Å²) in [5.74, 6) is -1.31. The first-order valence-electron chi connectivity index (χ1n) is 18.0. The van der Waals surface area contributed by atoms with Gasteiger partial charge in [-0.05, 0) is 12.8 Å². The van der Waals surface area contributed by atoms with E-state index >= 15 is 0 Å². The van der Waals surface area contributed by atoms with Crippen LogP contribution < -0.4 is 0 Å². The van der Waals surface area contributed by atoms with E-state index in [9.17, 15) is 9.59 Å². The summed E-state index contributed by atoms with van der Waals surface area (Å²) >= 11 is 0. The first-order valence-corrected chi connectivity index (χ1v) is 18.0. The molecule has 0 rings (SSSR count). The van der Waals surface area contributed by atoms with Gasteiger partial charge >= 0.3 is 11.9 Å². The molecule has 4 radical (unpaired) electrons. The topological polar surface area (TPSA) is 74.6 Å². The summed E-state index contributed by atoms with van der Waals surface area (Å²) in [6, 6.07) is 0. The van der Waals surface area contributed by atoms with Crippen LogP contribution in [0.25, 0.3) is 0 Å². The molecule has 0 atom stereocenters. The molecule has 0 aromatic carbocycles. The normalized spacial score (nSPS) is 10.6. The van der Waals surface area contributed by atoms with Gasteiger partial charge in [-0.2, -0.15) is 0 Å². The predicted octanol–water partition coefficient (Wildman–Crippen LogP) is 12.3. The van der Waals surface area contributed by atoms with Gasteiger partial charge in [0.15, 0.2) is 0 Å². The fourth-order valence-electron chi connectivity index (χ4n) is 5.30. The van der Waals surface area contributed by atoms with Gasteiger partial charge in [-0.15, -0.1) is 0 Å². The van der Waals surface area contributed by atoms with Crippen LogP contribution in [0.2, 0.25) is 0 Å². The number of aliphatic carboxylic acids is 2. The van der Waals surface area contributed by atoms with E-state index < -0.39 is 11.9 Å². The van der Waals surface area contributed by atoms with Crippen molar-refractivity contribution in [1.29, 1.82) is 0 Å². The van der Waals surface area contributed by atoms with Crippen LogP contribution >= 0.6 is 0 Å². The molecule has 0 unspecified atom stereocenters. The van der Waals surface area contributed by atoms with Crippen LogP contribution in [0, 0.1) is 0 Å². The monoisotopic (exact) mass is 688 g/mol. The average Bonchev–Trinajstić information content (AvgIpc) is 2.93. The Morgan fingerprint density at radius 3 is 0.610 bits per heavy atom.